The van der Waals surface area contributed by atoms with Gasteiger partial charge in [0, 0.05) is 23.9 Å². The predicted molar refractivity (Wildman–Crippen MR) is 137 cm³/mol. The van der Waals surface area contributed by atoms with Crippen molar-refractivity contribution in [1.29, 1.82) is 0 Å². The van der Waals surface area contributed by atoms with Crippen LogP contribution in [-0.4, -0.2) is 47.7 Å². The largest absolute Gasteiger partial charge is 0.481 e. The number of anilines is 1. The smallest absolute Gasteiger partial charge is 0.407 e. The fourth-order valence-electron chi connectivity index (χ4n) is 4.12. The average molecular weight is 491 g/mol. The molecule has 2 amide bonds. The molecule has 0 unspecified atom stereocenters. The molecule has 0 radical (unpaired) electrons. The lowest BCUT2D eigenvalue weighted by Crippen LogP contribution is -2.28. The van der Waals surface area contributed by atoms with Crippen molar-refractivity contribution >= 4 is 35.4 Å². The molecule has 0 saturated carbocycles. The molecule has 4 rings (SSSR count). The van der Waals surface area contributed by atoms with Gasteiger partial charge in [0.25, 0.3) is 0 Å². The SMILES string of the molecule is O=C(O)Cc1ccc(NC(=O)CSCCNC(=O)OCC2c3ccccc3-c3ccccc32)cc1. The van der Waals surface area contributed by atoms with Crippen LogP contribution in [0.3, 0.4) is 0 Å². The molecule has 0 bridgehead atoms. The summed E-state index contributed by atoms with van der Waals surface area (Å²) in [6.45, 7) is 0.652. The summed E-state index contributed by atoms with van der Waals surface area (Å²) in [6, 6.07) is 23.1. The first-order valence-corrected chi connectivity index (χ1v) is 12.4. The molecule has 0 heterocycles. The molecule has 1 aliphatic carbocycles. The molecular weight excluding hydrogens is 464 g/mol. The van der Waals surface area contributed by atoms with Gasteiger partial charge in [-0.15, -0.1) is 0 Å². The van der Waals surface area contributed by atoms with Gasteiger partial charge in [-0.05, 0) is 39.9 Å². The highest BCUT2D eigenvalue weighted by atomic mass is 32.2. The van der Waals surface area contributed by atoms with E-state index in [1.165, 1.54) is 34.0 Å². The first-order valence-electron chi connectivity index (χ1n) is 11.3. The van der Waals surface area contributed by atoms with E-state index in [0.29, 0.717) is 23.5 Å². The third-order valence-corrected chi connectivity index (χ3v) is 6.64. The Hall–Kier alpha value is -3.78. The number of hydrogen-bond donors (Lipinski definition) is 3. The zero-order valence-electron chi connectivity index (χ0n) is 19.0. The Labute approximate surface area is 207 Å². The van der Waals surface area contributed by atoms with Crippen molar-refractivity contribution in [3.8, 4) is 11.1 Å². The van der Waals surface area contributed by atoms with Gasteiger partial charge in [0.2, 0.25) is 5.91 Å². The number of thioether (sulfide) groups is 1. The number of carbonyl (C=O) groups excluding carboxylic acids is 2. The maximum absolute atomic E-state index is 12.2. The van der Waals surface area contributed by atoms with Crippen LogP contribution >= 0.6 is 11.8 Å². The molecular formula is C27H26N2O5S. The maximum Gasteiger partial charge on any atom is 0.407 e. The van der Waals surface area contributed by atoms with Crippen LogP contribution in [0.15, 0.2) is 72.8 Å². The number of carboxylic acid groups (broad SMARTS) is 1. The predicted octanol–water partition coefficient (Wildman–Crippen LogP) is 4.52. The lowest BCUT2D eigenvalue weighted by molar-refractivity contribution is -0.136. The zero-order chi connectivity index (χ0) is 24.6. The number of nitrogens with one attached hydrogen (secondary N) is 2. The van der Waals surface area contributed by atoms with Crippen LogP contribution in [-0.2, 0) is 20.7 Å². The van der Waals surface area contributed by atoms with E-state index in [1.807, 2.05) is 24.3 Å². The molecule has 0 atom stereocenters. The summed E-state index contributed by atoms with van der Waals surface area (Å²) < 4.78 is 5.50. The van der Waals surface area contributed by atoms with Gasteiger partial charge in [0.15, 0.2) is 0 Å². The average Bonchev–Trinajstić information content (AvgIpc) is 3.17. The monoisotopic (exact) mass is 490 g/mol. The highest BCUT2D eigenvalue weighted by Gasteiger charge is 2.28. The lowest BCUT2D eigenvalue weighted by Gasteiger charge is -2.14. The number of carboxylic acids is 1. The van der Waals surface area contributed by atoms with Gasteiger partial charge >= 0.3 is 12.1 Å². The molecule has 0 fully saturated rings. The van der Waals surface area contributed by atoms with Crippen molar-refractivity contribution in [1.82, 2.24) is 5.32 Å². The van der Waals surface area contributed by atoms with Gasteiger partial charge in [0.1, 0.15) is 6.61 Å². The summed E-state index contributed by atoms with van der Waals surface area (Å²) in [5.41, 5.74) is 5.98. The van der Waals surface area contributed by atoms with Crippen LogP contribution in [0.4, 0.5) is 10.5 Å². The second-order valence-electron chi connectivity index (χ2n) is 8.12. The van der Waals surface area contributed by atoms with E-state index in [4.69, 9.17) is 9.84 Å². The Balaban J connectivity index is 1.14. The molecule has 0 spiro atoms. The fraction of sp³-hybridized carbons (Fsp3) is 0.222. The van der Waals surface area contributed by atoms with E-state index in [2.05, 4.69) is 34.9 Å². The van der Waals surface area contributed by atoms with Crippen molar-refractivity contribution in [2.45, 2.75) is 12.3 Å². The van der Waals surface area contributed by atoms with Crippen LogP contribution in [0.1, 0.15) is 22.6 Å². The molecule has 3 aromatic carbocycles. The summed E-state index contributed by atoms with van der Waals surface area (Å²) in [5, 5.41) is 14.3. The van der Waals surface area contributed by atoms with E-state index in [1.54, 1.807) is 24.3 Å². The van der Waals surface area contributed by atoms with E-state index in [-0.39, 0.29) is 30.6 Å². The molecule has 7 nitrogen and oxygen atoms in total. The third kappa shape index (κ3) is 6.42. The highest BCUT2D eigenvalue weighted by molar-refractivity contribution is 7.99. The van der Waals surface area contributed by atoms with Gasteiger partial charge in [-0.2, -0.15) is 11.8 Å². The summed E-state index contributed by atoms with van der Waals surface area (Å²) in [5.74, 6) is -0.241. The number of alkyl carbamates (subject to hydrolysis) is 1. The van der Waals surface area contributed by atoms with Crippen LogP contribution < -0.4 is 10.6 Å². The molecule has 1 aliphatic rings. The maximum atomic E-state index is 12.2. The van der Waals surface area contributed by atoms with Gasteiger partial charge in [-0.3, -0.25) is 9.59 Å². The van der Waals surface area contributed by atoms with Crippen LogP contribution in [0.2, 0.25) is 0 Å². The molecule has 3 N–H and O–H groups in total. The number of rotatable bonds is 10. The van der Waals surface area contributed by atoms with Crippen molar-refractivity contribution < 1.29 is 24.2 Å². The minimum atomic E-state index is -0.898. The van der Waals surface area contributed by atoms with E-state index < -0.39 is 12.1 Å². The lowest BCUT2D eigenvalue weighted by atomic mass is 9.98. The fourth-order valence-corrected chi connectivity index (χ4v) is 4.77. The third-order valence-electron chi connectivity index (χ3n) is 5.69. The number of benzene rings is 3. The molecule has 3 aromatic rings. The van der Waals surface area contributed by atoms with E-state index in [0.717, 1.165) is 0 Å². The van der Waals surface area contributed by atoms with Gasteiger partial charge in [-0.1, -0.05) is 60.7 Å². The Bertz CT molecular complexity index is 1170. The minimum Gasteiger partial charge on any atom is -0.481 e. The molecule has 35 heavy (non-hydrogen) atoms. The van der Waals surface area contributed by atoms with E-state index in [9.17, 15) is 14.4 Å². The Morgan fingerprint density at radius 3 is 2.14 bits per heavy atom. The summed E-state index contributed by atoms with van der Waals surface area (Å²) in [4.78, 5) is 35.0. The normalized spacial score (nSPS) is 11.9. The summed E-state index contributed by atoms with van der Waals surface area (Å²) in [6.07, 6.45) is -0.529. The highest BCUT2D eigenvalue weighted by Crippen LogP contribution is 2.44. The van der Waals surface area contributed by atoms with Gasteiger partial charge in [0.05, 0.1) is 12.2 Å². The quantitative estimate of drug-likeness (QED) is 0.361. The minimum absolute atomic E-state index is 0.0180. The standard InChI is InChI=1S/C27H26N2O5S/c30-25(29-19-11-9-18(10-12-19)15-26(31)32)17-35-14-13-28-27(33)34-16-24-22-7-3-1-5-20(22)21-6-2-4-8-23(21)24/h1-12,24H,13-17H2,(H,28,33)(H,29,30)(H,31,32). The first kappa shape index (κ1) is 24.3. The Kier molecular flexibility index (Phi) is 8.05. The van der Waals surface area contributed by atoms with Crippen molar-refractivity contribution in [3.63, 3.8) is 0 Å². The molecule has 0 aromatic heterocycles. The molecule has 0 saturated heterocycles. The van der Waals surface area contributed by atoms with Gasteiger partial charge in [-0.25, -0.2) is 4.79 Å². The second kappa shape index (κ2) is 11.6. The van der Waals surface area contributed by atoms with E-state index >= 15 is 0 Å². The number of hydrogen-bond acceptors (Lipinski definition) is 5. The number of ether oxygens (including phenoxy) is 1. The van der Waals surface area contributed by atoms with Crippen LogP contribution in [0.25, 0.3) is 11.1 Å². The molecule has 180 valence electrons. The van der Waals surface area contributed by atoms with Crippen LogP contribution in [0.5, 0.6) is 0 Å². The molecule has 0 aliphatic heterocycles. The number of fused-ring (bicyclic) bond motifs is 3. The van der Waals surface area contributed by atoms with Crippen LogP contribution in [0, 0.1) is 0 Å². The first-order chi connectivity index (χ1) is 17.0. The number of carbonyl (C=O) groups is 3. The van der Waals surface area contributed by atoms with Gasteiger partial charge < -0.3 is 20.5 Å². The zero-order valence-corrected chi connectivity index (χ0v) is 19.8. The van der Waals surface area contributed by atoms with Crippen molar-refractivity contribution in [3.05, 3.63) is 89.5 Å². The summed E-state index contributed by atoms with van der Waals surface area (Å²) in [7, 11) is 0. The Morgan fingerprint density at radius 2 is 1.51 bits per heavy atom. The van der Waals surface area contributed by atoms with Crippen molar-refractivity contribution in [2.75, 3.05) is 30.0 Å². The number of amides is 2. The summed E-state index contributed by atoms with van der Waals surface area (Å²) >= 11 is 1.40. The topological polar surface area (TPSA) is 105 Å². The number of aliphatic carboxylic acids is 1. The molecule has 8 heteroatoms. The second-order valence-corrected chi connectivity index (χ2v) is 9.23. The Morgan fingerprint density at radius 1 is 0.886 bits per heavy atom. The van der Waals surface area contributed by atoms with Crippen molar-refractivity contribution in [2.24, 2.45) is 0 Å².